The summed E-state index contributed by atoms with van der Waals surface area (Å²) in [7, 11) is 0. The van der Waals surface area contributed by atoms with Crippen LogP contribution in [0.25, 0.3) is 0 Å². The van der Waals surface area contributed by atoms with Gasteiger partial charge in [0.05, 0.1) is 0 Å². The van der Waals surface area contributed by atoms with Crippen LogP contribution in [-0.2, 0) is 0 Å². The minimum absolute atomic E-state index is 0.345. The number of hydrogen-bond donors (Lipinski definition) is 1. The van der Waals surface area contributed by atoms with Crippen LogP contribution in [-0.4, -0.2) is 29.6 Å². The molecule has 0 aromatic carbocycles. The Morgan fingerprint density at radius 1 is 1.16 bits per heavy atom. The molecule has 0 bridgehead atoms. The smallest absolute Gasteiger partial charge is 0.137 e. The maximum atomic E-state index is 4.78. The van der Waals surface area contributed by atoms with Crippen LogP contribution in [0.4, 0.5) is 11.6 Å². The minimum atomic E-state index is 0.345. The number of nitrogens with one attached hydrogen (secondary N) is 1. The standard InChI is InChI=1S/C15H28N4/c1-7-10-19(9-3)15-12(6)14(16-8-2)17-13(18-15)11(4)5/h11H,7-10H2,1-6H3,(H,16,17,18). The quantitative estimate of drug-likeness (QED) is 0.817. The Labute approximate surface area is 117 Å². The number of nitrogens with zero attached hydrogens (tertiary/aromatic N) is 3. The van der Waals surface area contributed by atoms with Gasteiger partial charge in [0.1, 0.15) is 17.5 Å². The fourth-order valence-electron chi connectivity index (χ4n) is 2.11. The second kappa shape index (κ2) is 7.31. The molecule has 0 fully saturated rings. The summed E-state index contributed by atoms with van der Waals surface area (Å²) in [6, 6.07) is 0. The Morgan fingerprint density at radius 3 is 2.32 bits per heavy atom. The Balaban J connectivity index is 3.26. The molecule has 0 radical (unpaired) electrons. The van der Waals surface area contributed by atoms with Gasteiger partial charge in [-0.25, -0.2) is 9.97 Å². The van der Waals surface area contributed by atoms with E-state index in [1.807, 2.05) is 0 Å². The van der Waals surface area contributed by atoms with E-state index in [1.54, 1.807) is 0 Å². The first-order valence-electron chi connectivity index (χ1n) is 7.42. The van der Waals surface area contributed by atoms with Crippen LogP contribution in [0.1, 0.15) is 58.3 Å². The molecular weight excluding hydrogens is 236 g/mol. The summed E-state index contributed by atoms with van der Waals surface area (Å²) < 4.78 is 0. The lowest BCUT2D eigenvalue weighted by molar-refractivity contribution is 0.734. The lowest BCUT2D eigenvalue weighted by atomic mass is 10.2. The summed E-state index contributed by atoms with van der Waals surface area (Å²) in [6.07, 6.45) is 1.13. The van der Waals surface area contributed by atoms with Crippen molar-refractivity contribution in [2.45, 2.75) is 53.9 Å². The van der Waals surface area contributed by atoms with Crippen molar-refractivity contribution in [2.24, 2.45) is 0 Å². The summed E-state index contributed by atoms with van der Waals surface area (Å²) in [6.45, 7) is 15.8. The normalized spacial score (nSPS) is 10.9. The Morgan fingerprint density at radius 2 is 1.84 bits per heavy atom. The average molecular weight is 264 g/mol. The molecule has 0 aliphatic heterocycles. The summed E-state index contributed by atoms with van der Waals surface area (Å²) in [4.78, 5) is 11.8. The predicted octanol–water partition coefficient (Wildman–Crippen LogP) is 3.58. The van der Waals surface area contributed by atoms with Crippen molar-refractivity contribution < 1.29 is 0 Å². The van der Waals surface area contributed by atoms with Crippen LogP contribution in [0, 0.1) is 6.92 Å². The van der Waals surface area contributed by atoms with Crippen molar-refractivity contribution in [3.05, 3.63) is 11.4 Å². The zero-order valence-corrected chi connectivity index (χ0v) is 13.2. The van der Waals surface area contributed by atoms with Crippen molar-refractivity contribution in [1.82, 2.24) is 9.97 Å². The molecule has 1 aromatic heterocycles. The van der Waals surface area contributed by atoms with Gasteiger partial charge in [0, 0.05) is 31.1 Å². The van der Waals surface area contributed by atoms with Gasteiger partial charge in [-0.1, -0.05) is 20.8 Å². The van der Waals surface area contributed by atoms with E-state index in [-0.39, 0.29) is 0 Å². The van der Waals surface area contributed by atoms with Crippen molar-refractivity contribution in [3.63, 3.8) is 0 Å². The molecule has 0 saturated carbocycles. The Bertz CT molecular complexity index is 401. The molecule has 19 heavy (non-hydrogen) atoms. The van der Waals surface area contributed by atoms with Crippen molar-refractivity contribution in [1.29, 1.82) is 0 Å². The van der Waals surface area contributed by atoms with Crippen LogP contribution in [0.2, 0.25) is 0 Å². The molecule has 1 N–H and O–H groups in total. The summed E-state index contributed by atoms with van der Waals surface area (Å²) in [5.74, 6) is 3.33. The van der Waals surface area contributed by atoms with Gasteiger partial charge >= 0.3 is 0 Å². The third kappa shape index (κ3) is 3.82. The van der Waals surface area contributed by atoms with E-state index in [4.69, 9.17) is 4.98 Å². The van der Waals surface area contributed by atoms with E-state index in [2.05, 4.69) is 56.7 Å². The molecular formula is C15H28N4. The van der Waals surface area contributed by atoms with E-state index in [9.17, 15) is 0 Å². The Hall–Kier alpha value is -1.32. The average Bonchev–Trinajstić information content (AvgIpc) is 2.38. The lowest BCUT2D eigenvalue weighted by Gasteiger charge is -2.25. The molecule has 4 heteroatoms. The first-order chi connectivity index (χ1) is 9.04. The molecule has 0 aliphatic carbocycles. The third-order valence-electron chi connectivity index (χ3n) is 3.17. The van der Waals surface area contributed by atoms with Gasteiger partial charge < -0.3 is 10.2 Å². The van der Waals surface area contributed by atoms with E-state index >= 15 is 0 Å². The van der Waals surface area contributed by atoms with Crippen LogP contribution in [0.3, 0.4) is 0 Å². The highest BCUT2D eigenvalue weighted by atomic mass is 15.2. The first kappa shape index (κ1) is 15.7. The maximum absolute atomic E-state index is 4.78. The second-order valence-electron chi connectivity index (χ2n) is 5.14. The molecule has 0 aliphatic rings. The fraction of sp³-hybridized carbons (Fsp3) is 0.733. The molecule has 1 rings (SSSR count). The van der Waals surface area contributed by atoms with Crippen molar-refractivity contribution in [2.75, 3.05) is 29.9 Å². The van der Waals surface area contributed by atoms with Crippen LogP contribution < -0.4 is 10.2 Å². The molecule has 108 valence electrons. The maximum Gasteiger partial charge on any atom is 0.137 e. The van der Waals surface area contributed by atoms with E-state index in [1.165, 1.54) is 0 Å². The van der Waals surface area contributed by atoms with Gasteiger partial charge in [0.15, 0.2) is 0 Å². The van der Waals surface area contributed by atoms with E-state index in [0.29, 0.717) is 5.92 Å². The molecule has 0 saturated heterocycles. The van der Waals surface area contributed by atoms with E-state index in [0.717, 1.165) is 49.1 Å². The van der Waals surface area contributed by atoms with Crippen LogP contribution in [0.5, 0.6) is 0 Å². The van der Waals surface area contributed by atoms with Gasteiger partial charge in [0.25, 0.3) is 0 Å². The van der Waals surface area contributed by atoms with Gasteiger partial charge in [-0.05, 0) is 27.2 Å². The van der Waals surface area contributed by atoms with E-state index < -0.39 is 0 Å². The Kier molecular flexibility index (Phi) is 6.06. The van der Waals surface area contributed by atoms with Gasteiger partial charge in [0.2, 0.25) is 0 Å². The third-order valence-corrected chi connectivity index (χ3v) is 3.17. The zero-order valence-electron chi connectivity index (χ0n) is 13.2. The number of rotatable bonds is 7. The van der Waals surface area contributed by atoms with Gasteiger partial charge in [-0.15, -0.1) is 0 Å². The molecule has 1 heterocycles. The molecule has 0 spiro atoms. The number of hydrogen-bond acceptors (Lipinski definition) is 4. The van der Waals surface area contributed by atoms with Crippen LogP contribution in [0.15, 0.2) is 0 Å². The number of anilines is 2. The fourth-order valence-corrected chi connectivity index (χ4v) is 2.11. The zero-order chi connectivity index (χ0) is 14.4. The van der Waals surface area contributed by atoms with Crippen LogP contribution >= 0.6 is 0 Å². The predicted molar refractivity (Wildman–Crippen MR) is 83.2 cm³/mol. The lowest BCUT2D eigenvalue weighted by Crippen LogP contribution is -2.26. The monoisotopic (exact) mass is 264 g/mol. The summed E-state index contributed by atoms with van der Waals surface area (Å²) in [5, 5.41) is 3.35. The van der Waals surface area contributed by atoms with Crippen molar-refractivity contribution >= 4 is 11.6 Å². The summed E-state index contributed by atoms with van der Waals surface area (Å²) >= 11 is 0. The molecule has 4 nitrogen and oxygen atoms in total. The van der Waals surface area contributed by atoms with Crippen molar-refractivity contribution in [3.8, 4) is 0 Å². The largest absolute Gasteiger partial charge is 0.370 e. The van der Waals surface area contributed by atoms with Gasteiger partial charge in [-0.3, -0.25) is 0 Å². The first-order valence-corrected chi connectivity index (χ1v) is 7.42. The molecule has 1 aromatic rings. The topological polar surface area (TPSA) is 41.1 Å². The highest BCUT2D eigenvalue weighted by Gasteiger charge is 2.16. The molecule has 0 unspecified atom stereocenters. The molecule has 0 amide bonds. The minimum Gasteiger partial charge on any atom is -0.370 e. The summed E-state index contributed by atoms with van der Waals surface area (Å²) in [5.41, 5.74) is 1.15. The highest BCUT2D eigenvalue weighted by molar-refractivity contribution is 5.58. The second-order valence-corrected chi connectivity index (χ2v) is 5.14. The molecule has 0 atom stereocenters. The highest BCUT2D eigenvalue weighted by Crippen LogP contribution is 2.26. The van der Waals surface area contributed by atoms with Gasteiger partial charge in [-0.2, -0.15) is 0 Å². The SMILES string of the molecule is CCCN(CC)c1nc(C(C)C)nc(NCC)c1C. The number of aromatic nitrogens is 2.